The Morgan fingerprint density at radius 3 is 2.55 bits per heavy atom. The Morgan fingerprint density at radius 1 is 1.18 bits per heavy atom. The zero-order valence-corrected chi connectivity index (χ0v) is 13.9. The van der Waals surface area contributed by atoms with Crippen LogP contribution in [-0.4, -0.2) is 56.0 Å². The highest BCUT2D eigenvalue weighted by Gasteiger charge is 2.41. The van der Waals surface area contributed by atoms with Gasteiger partial charge in [0.15, 0.2) is 0 Å². The molecule has 1 spiro atoms. The minimum Gasteiger partial charge on any atom is -0.496 e. The van der Waals surface area contributed by atoms with Crippen LogP contribution in [0.3, 0.4) is 0 Å². The van der Waals surface area contributed by atoms with Crippen LogP contribution in [0.5, 0.6) is 5.75 Å². The van der Waals surface area contributed by atoms with E-state index in [1.165, 1.54) is 12.8 Å². The van der Waals surface area contributed by atoms with E-state index in [0.717, 1.165) is 38.2 Å². The topological polar surface area (TPSA) is 32.8 Å². The van der Waals surface area contributed by atoms with Gasteiger partial charge in [0, 0.05) is 13.1 Å². The van der Waals surface area contributed by atoms with Gasteiger partial charge in [0.2, 0.25) is 0 Å². The summed E-state index contributed by atoms with van der Waals surface area (Å²) in [7, 11) is 3.81. The monoisotopic (exact) mass is 302 g/mol. The van der Waals surface area contributed by atoms with Crippen LogP contribution in [0.2, 0.25) is 0 Å². The van der Waals surface area contributed by atoms with Crippen molar-refractivity contribution in [2.45, 2.75) is 26.2 Å². The summed E-state index contributed by atoms with van der Waals surface area (Å²) in [5.74, 6) is 0.802. The second-order valence-corrected chi connectivity index (χ2v) is 6.98. The quantitative estimate of drug-likeness (QED) is 0.842. The maximum absolute atomic E-state index is 12.9. The lowest BCUT2D eigenvalue weighted by molar-refractivity contribution is 0.0733. The zero-order chi connectivity index (χ0) is 15.7. The second kappa shape index (κ2) is 5.92. The van der Waals surface area contributed by atoms with Crippen LogP contribution in [0.1, 0.15) is 35.2 Å². The molecule has 0 atom stereocenters. The molecule has 22 heavy (non-hydrogen) atoms. The van der Waals surface area contributed by atoms with Crippen LogP contribution in [0.4, 0.5) is 0 Å². The van der Waals surface area contributed by atoms with Gasteiger partial charge in [0.1, 0.15) is 5.75 Å². The van der Waals surface area contributed by atoms with Gasteiger partial charge in [-0.1, -0.05) is 11.6 Å². The van der Waals surface area contributed by atoms with E-state index in [0.29, 0.717) is 16.7 Å². The van der Waals surface area contributed by atoms with Gasteiger partial charge in [0.05, 0.1) is 12.7 Å². The van der Waals surface area contributed by atoms with Gasteiger partial charge >= 0.3 is 0 Å². The molecule has 0 radical (unpaired) electrons. The van der Waals surface area contributed by atoms with E-state index in [-0.39, 0.29) is 5.91 Å². The first kappa shape index (κ1) is 15.3. The summed E-state index contributed by atoms with van der Waals surface area (Å²) in [6.45, 7) is 6.08. The molecule has 2 fully saturated rings. The van der Waals surface area contributed by atoms with Crippen LogP contribution in [0.25, 0.3) is 0 Å². The average molecular weight is 302 g/mol. The van der Waals surface area contributed by atoms with Gasteiger partial charge in [-0.05, 0) is 63.9 Å². The summed E-state index contributed by atoms with van der Waals surface area (Å²) in [5.41, 5.74) is 2.14. The lowest BCUT2D eigenvalue weighted by Gasteiger charge is -2.37. The molecule has 4 nitrogen and oxygen atoms in total. The molecule has 1 amide bonds. The summed E-state index contributed by atoms with van der Waals surface area (Å²) in [6, 6.07) is 5.82. The molecule has 0 N–H and O–H groups in total. The molecule has 0 bridgehead atoms. The summed E-state index contributed by atoms with van der Waals surface area (Å²) in [5, 5.41) is 0. The lowest BCUT2D eigenvalue weighted by Crippen LogP contribution is -2.40. The van der Waals surface area contributed by atoms with E-state index in [1.807, 2.05) is 30.0 Å². The van der Waals surface area contributed by atoms with Crippen molar-refractivity contribution in [1.82, 2.24) is 9.80 Å². The molecule has 0 aliphatic carbocycles. The Balaban J connectivity index is 1.76. The van der Waals surface area contributed by atoms with Crippen molar-refractivity contribution >= 4 is 5.91 Å². The molecule has 2 aliphatic rings. The van der Waals surface area contributed by atoms with Crippen molar-refractivity contribution in [2.24, 2.45) is 5.41 Å². The molecular formula is C18H26N2O2. The highest BCUT2D eigenvalue weighted by molar-refractivity contribution is 5.97. The van der Waals surface area contributed by atoms with Crippen LogP contribution in [0, 0.1) is 12.3 Å². The lowest BCUT2D eigenvalue weighted by atomic mass is 9.78. The predicted molar refractivity (Wildman–Crippen MR) is 87.4 cm³/mol. The molecule has 3 rings (SSSR count). The summed E-state index contributed by atoms with van der Waals surface area (Å²) >= 11 is 0. The van der Waals surface area contributed by atoms with Crippen LogP contribution in [-0.2, 0) is 0 Å². The number of likely N-dealkylation sites (tertiary alicyclic amines) is 2. The van der Waals surface area contributed by atoms with Crippen molar-refractivity contribution in [2.75, 3.05) is 40.3 Å². The largest absolute Gasteiger partial charge is 0.496 e. The third-order valence-corrected chi connectivity index (χ3v) is 5.36. The first-order valence-corrected chi connectivity index (χ1v) is 8.15. The van der Waals surface area contributed by atoms with Crippen LogP contribution < -0.4 is 4.74 Å². The zero-order valence-electron chi connectivity index (χ0n) is 13.9. The number of rotatable bonds is 2. The Labute approximate surface area is 133 Å². The number of amides is 1. The summed E-state index contributed by atoms with van der Waals surface area (Å²) < 4.78 is 5.38. The fourth-order valence-electron chi connectivity index (χ4n) is 3.77. The fraction of sp³-hybridized carbons (Fsp3) is 0.611. The normalized spacial score (nSPS) is 21.3. The van der Waals surface area contributed by atoms with E-state index in [9.17, 15) is 4.79 Å². The molecule has 120 valence electrons. The smallest absolute Gasteiger partial charge is 0.257 e. The average Bonchev–Trinajstić information content (AvgIpc) is 2.94. The van der Waals surface area contributed by atoms with Crippen molar-refractivity contribution in [3.63, 3.8) is 0 Å². The standard InChI is InChI=1S/C18H26N2O2/c1-14-4-5-16(22-3)15(12-14)17(21)20-11-8-18(13-20)6-9-19(2)10-7-18/h4-5,12H,6-11,13H2,1-3H3. The fourth-order valence-corrected chi connectivity index (χ4v) is 3.77. The minimum atomic E-state index is 0.122. The first-order chi connectivity index (χ1) is 10.5. The number of carbonyl (C=O) groups is 1. The van der Waals surface area contributed by atoms with Crippen molar-refractivity contribution in [1.29, 1.82) is 0 Å². The van der Waals surface area contributed by atoms with Gasteiger partial charge in [-0.15, -0.1) is 0 Å². The molecular weight excluding hydrogens is 276 g/mol. The molecule has 0 unspecified atom stereocenters. The second-order valence-electron chi connectivity index (χ2n) is 6.98. The number of aryl methyl sites for hydroxylation is 1. The molecule has 0 saturated carbocycles. The number of nitrogens with zero attached hydrogens (tertiary/aromatic N) is 2. The van der Waals surface area contributed by atoms with E-state index in [1.54, 1.807) is 7.11 Å². The van der Waals surface area contributed by atoms with Crippen molar-refractivity contribution < 1.29 is 9.53 Å². The number of ether oxygens (including phenoxy) is 1. The summed E-state index contributed by atoms with van der Waals surface area (Å²) in [6.07, 6.45) is 3.55. The Hall–Kier alpha value is -1.55. The number of carbonyl (C=O) groups excluding carboxylic acids is 1. The number of piperidine rings is 1. The highest BCUT2D eigenvalue weighted by Crippen LogP contribution is 2.40. The SMILES string of the molecule is COc1ccc(C)cc1C(=O)N1CCC2(CCN(C)CC2)C1. The van der Waals surface area contributed by atoms with Gasteiger partial charge in [0.25, 0.3) is 5.91 Å². The molecule has 1 aromatic carbocycles. The predicted octanol–water partition coefficient (Wildman–Crippen LogP) is 2.56. The molecule has 1 aromatic rings. The Morgan fingerprint density at radius 2 is 1.86 bits per heavy atom. The molecule has 2 aliphatic heterocycles. The van der Waals surface area contributed by atoms with E-state index < -0.39 is 0 Å². The van der Waals surface area contributed by atoms with Gasteiger partial charge in [-0.3, -0.25) is 4.79 Å². The molecule has 2 saturated heterocycles. The number of benzene rings is 1. The van der Waals surface area contributed by atoms with Gasteiger partial charge in [-0.25, -0.2) is 0 Å². The number of methoxy groups -OCH3 is 1. The molecule has 4 heteroatoms. The number of hydrogen-bond donors (Lipinski definition) is 0. The third kappa shape index (κ3) is 2.84. The van der Waals surface area contributed by atoms with E-state index in [4.69, 9.17) is 4.74 Å². The van der Waals surface area contributed by atoms with E-state index in [2.05, 4.69) is 11.9 Å². The number of hydrogen-bond acceptors (Lipinski definition) is 3. The van der Waals surface area contributed by atoms with Crippen LogP contribution >= 0.6 is 0 Å². The van der Waals surface area contributed by atoms with E-state index >= 15 is 0 Å². The molecule has 2 heterocycles. The Bertz CT molecular complexity index is 562. The third-order valence-electron chi connectivity index (χ3n) is 5.36. The highest BCUT2D eigenvalue weighted by atomic mass is 16.5. The van der Waals surface area contributed by atoms with Gasteiger partial charge < -0.3 is 14.5 Å². The summed E-state index contributed by atoms with van der Waals surface area (Å²) in [4.78, 5) is 17.3. The maximum Gasteiger partial charge on any atom is 0.257 e. The minimum absolute atomic E-state index is 0.122. The first-order valence-electron chi connectivity index (χ1n) is 8.15. The maximum atomic E-state index is 12.9. The Kier molecular flexibility index (Phi) is 4.13. The molecule has 0 aromatic heterocycles. The van der Waals surface area contributed by atoms with Crippen molar-refractivity contribution in [3.8, 4) is 5.75 Å². The van der Waals surface area contributed by atoms with Crippen molar-refractivity contribution in [3.05, 3.63) is 29.3 Å². The van der Waals surface area contributed by atoms with Crippen LogP contribution in [0.15, 0.2) is 18.2 Å². The van der Waals surface area contributed by atoms with Gasteiger partial charge in [-0.2, -0.15) is 0 Å².